The van der Waals surface area contributed by atoms with E-state index in [9.17, 15) is 9.59 Å². The van der Waals surface area contributed by atoms with Crippen LogP contribution in [0.2, 0.25) is 0 Å². The van der Waals surface area contributed by atoms with Crippen molar-refractivity contribution in [3.63, 3.8) is 0 Å². The first-order valence-electron chi connectivity index (χ1n) is 9.40. The minimum Gasteiger partial charge on any atom is -0.486 e. The van der Waals surface area contributed by atoms with Crippen molar-refractivity contribution in [1.82, 2.24) is 4.90 Å². The van der Waals surface area contributed by atoms with Crippen LogP contribution in [0, 0.1) is 0 Å². The molecule has 1 unspecified atom stereocenters. The molecular formula is C22H24N2O5. The summed E-state index contributed by atoms with van der Waals surface area (Å²) in [6.07, 6.45) is 2.79. The SMILES string of the molecule is CCOC(=O)C=Cc1ccc(NC(=O)N(C)CC2COc3ccccc3O2)cc1. The molecule has 7 heteroatoms. The highest BCUT2D eigenvalue weighted by Gasteiger charge is 2.23. The lowest BCUT2D eigenvalue weighted by Gasteiger charge is -2.29. The second-order valence-corrected chi connectivity index (χ2v) is 6.52. The smallest absolute Gasteiger partial charge is 0.330 e. The number of benzene rings is 2. The lowest BCUT2D eigenvalue weighted by molar-refractivity contribution is -0.137. The van der Waals surface area contributed by atoms with Gasteiger partial charge in [-0.1, -0.05) is 24.3 Å². The summed E-state index contributed by atoms with van der Waals surface area (Å²) in [5.41, 5.74) is 1.48. The molecule has 1 heterocycles. The van der Waals surface area contributed by atoms with Crippen LogP contribution in [-0.2, 0) is 9.53 Å². The summed E-state index contributed by atoms with van der Waals surface area (Å²) in [7, 11) is 1.70. The molecule has 0 bridgehead atoms. The van der Waals surface area contributed by atoms with E-state index >= 15 is 0 Å². The van der Waals surface area contributed by atoms with E-state index in [1.54, 1.807) is 49.2 Å². The van der Waals surface area contributed by atoms with Crippen LogP contribution in [0.25, 0.3) is 6.08 Å². The molecule has 1 atom stereocenters. The molecule has 152 valence electrons. The van der Waals surface area contributed by atoms with Crippen molar-refractivity contribution < 1.29 is 23.8 Å². The summed E-state index contributed by atoms with van der Waals surface area (Å²) in [5, 5.41) is 2.84. The number of hydrogen-bond donors (Lipinski definition) is 1. The molecule has 1 N–H and O–H groups in total. The molecule has 0 spiro atoms. The Labute approximate surface area is 169 Å². The average Bonchev–Trinajstić information content (AvgIpc) is 2.73. The van der Waals surface area contributed by atoms with Gasteiger partial charge in [-0.25, -0.2) is 9.59 Å². The third-order valence-electron chi connectivity index (χ3n) is 4.25. The molecule has 29 heavy (non-hydrogen) atoms. The molecule has 0 aromatic heterocycles. The van der Waals surface area contributed by atoms with E-state index in [1.165, 1.54) is 6.08 Å². The number of likely N-dealkylation sites (N-methyl/N-ethyl adjacent to an activating group) is 1. The number of urea groups is 1. The summed E-state index contributed by atoms with van der Waals surface area (Å²) < 4.78 is 16.4. The fraction of sp³-hybridized carbons (Fsp3) is 0.273. The molecule has 1 aliphatic rings. The Bertz CT molecular complexity index is 879. The molecule has 2 amide bonds. The van der Waals surface area contributed by atoms with Gasteiger partial charge in [-0.15, -0.1) is 0 Å². The van der Waals surface area contributed by atoms with Crippen molar-refractivity contribution >= 4 is 23.8 Å². The monoisotopic (exact) mass is 396 g/mol. The first-order valence-corrected chi connectivity index (χ1v) is 9.40. The van der Waals surface area contributed by atoms with Crippen LogP contribution < -0.4 is 14.8 Å². The number of hydrogen-bond acceptors (Lipinski definition) is 5. The van der Waals surface area contributed by atoms with E-state index in [0.717, 1.165) is 5.56 Å². The highest BCUT2D eigenvalue weighted by atomic mass is 16.6. The molecule has 0 fully saturated rings. The van der Waals surface area contributed by atoms with Gasteiger partial charge in [-0.05, 0) is 42.8 Å². The normalized spacial score (nSPS) is 15.0. The predicted molar refractivity (Wildman–Crippen MR) is 110 cm³/mol. The zero-order valence-corrected chi connectivity index (χ0v) is 16.5. The first-order chi connectivity index (χ1) is 14.0. The molecule has 3 rings (SSSR count). The second kappa shape index (κ2) is 9.64. The minimum atomic E-state index is -0.386. The molecule has 0 saturated heterocycles. The van der Waals surface area contributed by atoms with Crippen LogP contribution in [0.15, 0.2) is 54.6 Å². The largest absolute Gasteiger partial charge is 0.486 e. The van der Waals surface area contributed by atoms with E-state index in [4.69, 9.17) is 14.2 Å². The van der Waals surface area contributed by atoms with Gasteiger partial charge in [0.2, 0.25) is 0 Å². The number of rotatable bonds is 6. The minimum absolute atomic E-state index is 0.240. The second-order valence-electron chi connectivity index (χ2n) is 6.52. The number of esters is 1. The van der Waals surface area contributed by atoms with Gasteiger partial charge in [0.15, 0.2) is 17.6 Å². The molecule has 7 nitrogen and oxygen atoms in total. The van der Waals surface area contributed by atoms with Crippen LogP contribution >= 0.6 is 0 Å². The maximum atomic E-state index is 12.4. The van der Waals surface area contributed by atoms with Gasteiger partial charge < -0.3 is 24.4 Å². The number of para-hydroxylation sites is 2. The molecule has 2 aromatic carbocycles. The van der Waals surface area contributed by atoms with Crippen molar-refractivity contribution in [2.24, 2.45) is 0 Å². The number of nitrogens with zero attached hydrogens (tertiary/aromatic N) is 1. The van der Waals surface area contributed by atoms with Gasteiger partial charge in [0.25, 0.3) is 0 Å². The molecule has 1 aliphatic heterocycles. The highest BCUT2D eigenvalue weighted by Crippen LogP contribution is 2.30. The van der Waals surface area contributed by atoms with Crippen LogP contribution in [0.4, 0.5) is 10.5 Å². The van der Waals surface area contributed by atoms with Crippen LogP contribution in [-0.4, -0.2) is 49.8 Å². The lowest BCUT2D eigenvalue weighted by Crippen LogP contribution is -2.43. The van der Waals surface area contributed by atoms with Gasteiger partial charge in [0.05, 0.1) is 13.2 Å². The number of anilines is 1. The van der Waals surface area contributed by atoms with Crippen LogP contribution in [0.5, 0.6) is 11.5 Å². The maximum absolute atomic E-state index is 12.4. The van der Waals surface area contributed by atoms with Gasteiger partial charge in [0.1, 0.15) is 6.61 Å². The summed E-state index contributed by atoms with van der Waals surface area (Å²) in [5.74, 6) is 1.01. The molecule has 0 saturated carbocycles. The summed E-state index contributed by atoms with van der Waals surface area (Å²) >= 11 is 0. The fourth-order valence-electron chi connectivity index (χ4n) is 2.79. The van der Waals surface area contributed by atoms with Crippen molar-refractivity contribution in [3.8, 4) is 11.5 Å². The molecule has 2 aromatic rings. The number of amides is 2. The van der Waals surface area contributed by atoms with Crippen LogP contribution in [0.3, 0.4) is 0 Å². The number of carbonyl (C=O) groups excluding carboxylic acids is 2. The van der Waals surface area contributed by atoms with E-state index < -0.39 is 0 Å². The first kappa shape index (κ1) is 20.3. The lowest BCUT2D eigenvalue weighted by atomic mass is 10.2. The van der Waals surface area contributed by atoms with Gasteiger partial charge >= 0.3 is 12.0 Å². The zero-order chi connectivity index (χ0) is 20.6. The summed E-state index contributed by atoms with van der Waals surface area (Å²) in [4.78, 5) is 25.3. The Morgan fingerprint density at radius 1 is 1.17 bits per heavy atom. The summed E-state index contributed by atoms with van der Waals surface area (Å²) in [6, 6.07) is 14.4. The predicted octanol–water partition coefficient (Wildman–Crippen LogP) is 3.57. The van der Waals surface area contributed by atoms with E-state index in [0.29, 0.717) is 36.9 Å². The third kappa shape index (κ3) is 5.75. The quantitative estimate of drug-likeness (QED) is 0.597. The third-order valence-corrected chi connectivity index (χ3v) is 4.25. The topological polar surface area (TPSA) is 77.1 Å². The zero-order valence-electron chi connectivity index (χ0n) is 16.5. The van der Waals surface area contributed by atoms with Gasteiger partial charge in [-0.2, -0.15) is 0 Å². The number of carbonyl (C=O) groups is 2. The van der Waals surface area contributed by atoms with Gasteiger partial charge in [-0.3, -0.25) is 0 Å². The van der Waals surface area contributed by atoms with Crippen molar-refractivity contribution in [2.75, 3.05) is 32.1 Å². The van der Waals surface area contributed by atoms with Gasteiger partial charge in [0, 0.05) is 18.8 Å². The van der Waals surface area contributed by atoms with E-state index in [1.807, 2.05) is 24.3 Å². The van der Waals surface area contributed by atoms with Crippen LogP contribution in [0.1, 0.15) is 12.5 Å². The average molecular weight is 396 g/mol. The Morgan fingerprint density at radius 2 is 1.90 bits per heavy atom. The number of nitrogens with one attached hydrogen (secondary N) is 1. The fourth-order valence-corrected chi connectivity index (χ4v) is 2.79. The Balaban J connectivity index is 1.50. The van der Waals surface area contributed by atoms with Crippen molar-refractivity contribution in [2.45, 2.75) is 13.0 Å². The van der Waals surface area contributed by atoms with Crippen molar-refractivity contribution in [3.05, 3.63) is 60.2 Å². The maximum Gasteiger partial charge on any atom is 0.330 e. The van der Waals surface area contributed by atoms with E-state index in [-0.39, 0.29) is 18.1 Å². The Kier molecular flexibility index (Phi) is 6.73. The van der Waals surface area contributed by atoms with E-state index in [2.05, 4.69) is 5.32 Å². The summed E-state index contributed by atoms with van der Waals surface area (Å²) in [6.45, 7) is 2.87. The molecule has 0 radical (unpaired) electrons. The Morgan fingerprint density at radius 3 is 2.62 bits per heavy atom. The molecule has 0 aliphatic carbocycles. The standard InChI is InChI=1S/C22H24N2O5/c1-3-27-21(25)13-10-16-8-11-17(12-9-16)23-22(26)24(2)14-18-15-28-19-6-4-5-7-20(19)29-18/h4-13,18H,3,14-15H2,1-2H3,(H,23,26). The highest BCUT2D eigenvalue weighted by molar-refractivity contribution is 5.90. The molecular weight excluding hydrogens is 372 g/mol. The number of fused-ring (bicyclic) bond motifs is 1. The van der Waals surface area contributed by atoms with Crippen molar-refractivity contribution in [1.29, 1.82) is 0 Å². The number of ether oxygens (including phenoxy) is 3. The Hall–Kier alpha value is -3.48.